The van der Waals surface area contributed by atoms with Gasteiger partial charge in [0.15, 0.2) is 18.1 Å². The van der Waals surface area contributed by atoms with Gasteiger partial charge in [-0.3, -0.25) is 0 Å². The Bertz CT molecular complexity index is 856. The van der Waals surface area contributed by atoms with Crippen LogP contribution in [0, 0.1) is 18.3 Å². The quantitative estimate of drug-likeness (QED) is 0.545. The van der Waals surface area contributed by atoms with E-state index >= 15 is 0 Å². The Hall–Kier alpha value is -2.71. The standard InChI is InChI=1S/C20H20ClNO4/c1-12(2)15-9-16(21)13(3)7-18(15)25-11-20(23)26-17-6-5-14(10-22)8-19(17)24-4/h5-9,12H,11H2,1-4H3. The number of esters is 1. The molecule has 0 saturated heterocycles. The molecule has 0 amide bonds. The smallest absolute Gasteiger partial charge is 0.349 e. The van der Waals surface area contributed by atoms with E-state index in [1.54, 1.807) is 6.07 Å². The number of carbonyl (C=O) groups is 1. The lowest BCUT2D eigenvalue weighted by Crippen LogP contribution is -2.18. The molecule has 0 aliphatic heterocycles. The molecule has 26 heavy (non-hydrogen) atoms. The van der Waals surface area contributed by atoms with Crippen molar-refractivity contribution in [2.24, 2.45) is 0 Å². The lowest BCUT2D eigenvalue weighted by Gasteiger charge is -2.16. The number of ether oxygens (including phenoxy) is 3. The topological polar surface area (TPSA) is 68.5 Å². The van der Waals surface area contributed by atoms with Gasteiger partial charge in [-0.15, -0.1) is 0 Å². The Morgan fingerprint density at radius 3 is 2.54 bits per heavy atom. The van der Waals surface area contributed by atoms with Crippen LogP contribution in [-0.4, -0.2) is 19.7 Å². The molecule has 2 aromatic rings. The second kappa shape index (κ2) is 8.59. The predicted octanol–water partition coefficient (Wildman–Crippen LogP) is 4.64. The lowest BCUT2D eigenvalue weighted by molar-refractivity contribution is -0.136. The summed E-state index contributed by atoms with van der Waals surface area (Å²) in [5, 5.41) is 9.57. The molecule has 0 saturated carbocycles. The van der Waals surface area contributed by atoms with Gasteiger partial charge in [0.25, 0.3) is 0 Å². The Balaban J connectivity index is 2.11. The molecule has 0 unspecified atom stereocenters. The first-order valence-corrected chi connectivity index (χ1v) is 8.45. The Morgan fingerprint density at radius 2 is 1.92 bits per heavy atom. The zero-order chi connectivity index (χ0) is 19.3. The van der Waals surface area contributed by atoms with E-state index in [2.05, 4.69) is 0 Å². The average Bonchev–Trinajstić information content (AvgIpc) is 2.62. The first-order valence-electron chi connectivity index (χ1n) is 8.07. The van der Waals surface area contributed by atoms with Crippen molar-refractivity contribution in [3.8, 4) is 23.3 Å². The van der Waals surface area contributed by atoms with Crippen LogP contribution in [0.15, 0.2) is 30.3 Å². The summed E-state index contributed by atoms with van der Waals surface area (Å²) >= 11 is 6.17. The summed E-state index contributed by atoms with van der Waals surface area (Å²) in [4.78, 5) is 12.1. The van der Waals surface area contributed by atoms with Crippen molar-refractivity contribution in [1.82, 2.24) is 0 Å². The SMILES string of the molecule is COc1cc(C#N)ccc1OC(=O)COc1cc(C)c(Cl)cc1C(C)C. The number of nitriles is 1. The molecule has 0 aliphatic carbocycles. The first kappa shape index (κ1) is 19.6. The molecule has 0 aliphatic rings. The molecule has 6 heteroatoms. The number of nitrogens with zero attached hydrogens (tertiary/aromatic N) is 1. The van der Waals surface area contributed by atoms with Crippen LogP contribution in [-0.2, 0) is 4.79 Å². The summed E-state index contributed by atoms with van der Waals surface area (Å²) in [7, 11) is 1.44. The number of aryl methyl sites for hydroxylation is 1. The van der Waals surface area contributed by atoms with Crippen LogP contribution in [0.3, 0.4) is 0 Å². The maximum Gasteiger partial charge on any atom is 0.349 e. The fraction of sp³-hybridized carbons (Fsp3) is 0.300. The van der Waals surface area contributed by atoms with Gasteiger partial charge in [-0.25, -0.2) is 4.79 Å². The van der Waals surface area contributed by atoms with Crippen molar-refractivity contribution in [3.05, 3.63) is 52.0 Å². The first-order chi connectivity index (χ1) is 12.3. The van der Waals surface area contributed by atoms with Crippen molar-refractivity contribution in [1.29, 1.82) is 5.26 Å². The van der Waals surface area contributed by atoms with Gasteiger partial charge in [0, 0.05) is 11.1 Å². The molecule has 0 bridgehead atoms. The minimum Gasteiger partial charge on any atom is -0.493 e. The molecular formula is C20H20ClNO4. The van der Waals surface area contributed by atoms with Crippen LogP contribution in [0.1, 0.15) is 36.5 Å². The molecule has 136 valence electrons. The molecule has 0 aromatic heterocycles. The summed E-state index contributed by atoms with van der Waals surface area (Å²) in [5.74, 6) is 0.762. The van der Waals surface area contributed by atoms with E-state index in [0.717, 1.165) is 11.1 Å². The molecule has 0 fully saturated rings. The molecular weight excluding hydrogens is 354 g/mol. The third-order valence-corrected chi connectivity index (χ3v) is 4.18. The molecule has 0 spiro atoms. The van der Waals surface area contributed by atoms with E-state index in [4.69, 9.17) is 31.1 Å². The van der Waals surface area contributed by atoms with Crippen molar-refractivity contribution < 1.29 is 19.0 Å². The third kappa shape index (κ3) is 4.68. The number of hydrogen-bond acceptors (Lipinski definition) is 5. The monoisotopic (exact) mass is 373 g/mol. The number of methoxy groups -OCH3 is 1. The Kier molecular flexibility index (Phi) is 6.48. The van der Waals surface area contributed by atoms with Crippen LogP contribution in [0.4, 0.5) is 0 Å². The van der Waals surface area contributed by atoms with E-state index in [0.29, 0.717) is 22.1 Å². The van der Waals surface area contributed by atoms with Crippen LogP contribution in [0.2, 0.25) is 5.02 Å². The lowest BCUT2D eigenvalue weighted by atomic mass is 10.0. The molecule has 0 radical (unpaired) electrons. The second-order valence-electron chi connectivity index (χ2n) is 6.03. The van der Waals surface area contributed by atoms with Gasteiger partial charge in [-0.2, -0.15) is 5.26 Å². The van der Waals surface area contributed by atoms with E-state index in [-0.39, 0.29) is 18.3 Å². The predicted molar refractivity (Wildman–Crippen MR) is 99.1 cm³/mol. The maximum atomic E-state index is 12.1. The van der Waals surface area contributed by atoms with Crippen LogP contribution >= 0.6 is 11.6 Å². The molecule has 0 N–H and O–H groups in total. The summed E-state index contributed by atoms with van der Waals surface area (Å²) in [6.45, 7) is 5.66. The maximum absolute atomic E-state index is 12.1. The molecule has 0 atom stereocenters. The highest BCUT2D eigenvalue weighted by Gasteiger charge is 2.15. The third-order valence-electron chi connectivity index (χ3n) is 3.78. The van der Waals surface area contributed by atoms with Gasteiger partial charge in [-0.05, 0) is 48.2 Å². The van der Waals surface area contributed by atoms with E-state index < -0.39 is 5.97 Å². The van der Waals surface area contributed by atoms with Gasteiger partial charge in [0.1, 0.15) is 5.75 Å². The van der Waals surface area contributed by atoms with Gasteiger partial charge >= 0.3 is 5.97 Å². The zero-order valence-corrected chi connectivity index (χ0v) is 15.9. The fourth-order valence-corrected chi connectivity index (χ4v) is 2.53. The van der Waals surface area contributed by atoms with Crippen molar-refractivity contribution >= 4 is 17.6 Å². The fourth-order valence-electron chi connectivity index (χ4n) is 2.36. The van der Waals surface area contributed by atoms with Crippen molar-refractivity contribution in [3.63, 3.8) is 0 Å². The van der Waals surface area contributed by atoms with Crippen LogP contribution < -0.4 is 14.2 Å². The van der Waals surface area contributed by atoms with Gasteiger partial charge < -0.3 is 14.2 Å². The number of hydrogen-bond donors (Lipinski definition) is 0. The molecule has 5 nitrogen and oxygen atoms in total. The molecule has 2 aromatic carbocycles. The summed E-state index contributed by atoms with van der Waals surface area (Å²) in [6.07, 6.45) is 0. The van der Waals surface area contributed by atoms with E-state index in [1.165, 1.54) is 19.2 Å². The normalized spacial score (nSPS) is 10.3. The second-order valence-corrected chi connectivity index (χ2v) is 6.44. The van der Waals surface area contributed by atoms with Gasteiger partial charge in [0.05, 0.1) is 18.7 Å². The highest BCUT2D eigenvalue weighted by atomic mass is 35.5. The minimum absolute atomic E-state index is 0.192. The number of halogens is 1. The number of carbonyl (C=O) groups excluding carboxylic acids is 1. The average molecular weight is 374 g/mol. The number of benzene rings is 2. The van der Waals surface area contributed by atoms with E-state index in [9.17, 15) is 4.79 Å². The van der Waals surface area contributed by atoms with Crippen molar-refractivity contribution in [2.45, 2.75) is 26.7 Å². The van der Waals surface area contributed by atoms with Crippen molar-refractivity contribution in [2.75, 3.05) is 13.7 Å². The Labute approximate surface area is 158 Å². The minimum atomic E-state index is -0.574. The highest BCUT2D eigenvalue weighted by molar-refractivity contribution is 6.31. The summed E-state index contributed by atoms with van der Waals surface area (Å²) in [6, 6.07) is 10.2. The van der Waals surface area contributed by atoms with Crippen LogP contribution in [0.5, 0.6) is 17.2 Å². The molecule has 2 rings (SSSR count). The summed E-state index contributed by atoms with van der Waals surface area (Å²) < 4.78 is 16.1. The van der Waals surface area contributed by atoms with Crippen LogP contribution in [0.25, 0.3) is 0 Å². The van der Waals surface area contributed by atoms with Gasteiger partial charge in [0.2, 0.25) is 0 Å². The van der Waals surface area contributed by atoms with E-state index in [1.807, 2.05) is 39.0 Å². The molecule has 0 heterocycles. The zero-order valence-electron chi connectivity index (χ0n) is 15.1. The Morgan fingerprint density at radius 1 is 1.19 bits per heavy atom. The summed E-state index contributed by atoms with van der Waals surface area (Å²) in [5.41, 5.74) is 2.20. The van der Waals surface area contributed by atoms with Gasteiger partial charge in [-0.1, -0.05) is 25.4 Å². The number of rotatable bonds is 6. The highest BCUT2D eigenvalue weighted by Crippen LogP contribution is 2.32. The largest absolute Gasteiger partial charge is 0.493 e.